The minimum atomic E-state index is -4.35. The molecule has 0 bridgehead atoms. The lowest BCUT2D eigenvalue weighted by molar-refractivity contribution is 0.256. The fraction of sp³-hybridized carbons (Fsp3) is 0.474. The fourth-order valence-corrected chi connectivity index (χ4v) is 4.75. The van der Waals surface area contributed by atoms with Gasteiger partial charge in [-0.05, 0) is 80.6 Å². The smallest absolute Gasteiger partial charge is 0.307 e. The van der Waals surface area contributed by atoms with Gasteiger partial charge in [-0.3, -0.25) is 4.68 Å². The topological polar surface area (TPSA) is 93.1 Å². The van der Waals surface area contributed by atoms with E-state index in [1.165, 1.54) is 11.1 Å². The molecule has 0 fully saturated rings. The van der Waals surface area contributed by atoms with Crippen LogP contribution in [0, 0.1) is 0 Å². The van der Waals surface area contributed by atoms with E-state index in [2.05, 4.69) is 16.5 Å². The maximum atomic E-state index is 12.6. The molecule has 0 radical (unpaired) electrons. The minimum absolute atomic E-state index is 0.533. The number of benzene rings is 1. The van der Waals surface area contributed by atoms with E-state index in [4.69, 9.17) is 5.48 Å². The Bertz CT molecular complexity index is 1120. The summed E-state index contributed by atoms with van der Waals surface area (Å²) in [5.41, 5.74) is 5.26. The molecule has 27 heavy (non-hydrogen) atoms. The monoisotopic (exact) mass is 392 g/mol. The number of rotatable bonds is 4. The molecule has 7 nitrogen and oxygen atoms in total. The van der Waals surface area contributed by atoms with Gasteiger partial charge >= 0.3 is 6.03 Å². The molecule has 0 aliphatic heterocycles. The number of carbonyl (C=O) groups excluding carboxylic acids is 1. The molecule has 2 aromatic rings. The van der Waals surface area contributed by atoms with Crippen molar-refractivity contribution in [3.05, 3.63) is 40.6 Å². The standard InChI is InChI=1S/C19H24N4O3S/c1-12(2)23-10-9-17(21-23)27(25,26)22-19(24)20-18-15-7-3-5-13(15)11-14-6-4-8-16(14)18/h9-12H,3-8H2,1-2H3,(H2,20,22,24)/i1D3,12D. The molecule has 8 heteroatoms. The van der Waals surface area contributed by atoms with Crippen LogP contribution >= 0.6 is 0 Å². The average Bonchev–Trinajstić information content (AvgIpc) is 3.40. The Balaban J connectivity index is 1.55. The van der Waals surface area contributed by atoms with Crippen molar-refractivity contribution in [2.45, 2.75) is 63.3 Å². The maximum Gasteiger partial charge on any atom is 0.333 e. The van der Waals surface area contributed by atoms with Crippen molar-refractivity contribution in [3.63, 3.8) is 0 Å². The summed E-state index contributed by atoms with van der Waals surface area (Å²) < 4.78 is 58.4. The molecule has 1 aromatic carbocycles. The van der Waals surface area contributed by atoms with Crippen LogP contribution in [0.25, 0.3) is 0 Å². The number of sulfonamides is 1. The first kappa shape index (κ1) is 13.8. The highest BCUT2D eigenvalue weighted by molar-refractivity contribution is 7.90. The number of anilines is 1. The Hall–Kier alpha value is -2.35. The van der Waals surface area contributed by atoms with Crippen LogP contribution in [-0.2, 0) is 35.7 Å². The van der Waals surface area contributed by atoms with Crippen LogP contribution in [0.3, 0.4) is 0 Å². The van der Waals surface area contributed by atoms with Crippen LogP contribution in [0.2, 0.25) is 0 Å². The van der Waals surface area contributed by atoms with Gasteiger partial charge in [-0.25, -0.2) is 9.52 Å². The predicted octanol–water partition coefficient (Wildman–Crippen LogP) is 2.95. The third-order valence-corrected chi connectivity index (χ3v) is 6.34. The highest BCUT2D eigenvalue weighted by atomic mass is 32.2. The van der Waals surface area contributed by atoms with Crippen molar-refractivity contribution in [1.82, 2.24) is 14.5 Å². The molecule has 1 unspecified atom stereocenters. The Morgan fingerprint density at radius 1 is 1.26 bits per heavy atom. The fourth-order valence-electron chi connectivity index (χ4n) is 3.92. The van der Waals surface area contributed by atoms with Crippen molar-refractivity contribution in [2.75, 3.05) is 5.32 Å². The highest BCUT2D eigenvalue weighted by Gasteiger charge is 2.27. The number of nitrogens with one attached hydrogen (secondary N) is 2. The SMILES string of the molecule is [2H]C([2H])([2H])C([2H])(C)n1ccc(S(=O)(=O)NC(=O)Nc2c3c(cc4c2CCC4)CCC3)n1. The van der Waals surface area contributed by atoms with Crippen LogP contribution in [0.15, 0.2) is 23.4 Å². The van der Waals surface area contributed by atoms with E-state index < -0.39 is 34.0 Å². The number of hydrogen-bond donors (Lipinski definition) is 2. The van der Waals surface area contributed by atoms with Crippen molar-refractivity contribution in [3.8, 4) is 0 Å². The summed E-state index contributed by atoms with van der Waals surface area (Å²) in [6.07, 6.45) is 6.68. The number of amides is 2. The van der Waals surface area contributed by atoms with Gasteiger partial charge < -0.3 is 5.32 Å². The van der Waals surface area contributed by atoms with Crippen molar-refractivity contribution in [1.29, 1.82) is 0 Å². The molecule has 2 aliphatic rings. The van der Waals surface area contributed by atoms with Gasteiger partial charge in [0.1, 0.15) is 0 Å². The van der Waals surface area contributed by atoms with Crippen LogP contribution in [-0.4, -0.2) is 24.2 Å². The number of hydrogen-bond acceptors (Lipinski definition) is 4. The highest BCUT2D eigenvalue weighted by Crippen LogP contribution is 2.38. The first-order valence-electron chi connectivity index (χ1n) is 11.0. The molecule has 0 saturated carbocycles. The summed E-state index contributed by atoms with van der Waals surface area (Å²) in [6.45, 7) is -1.61. The molecule has 1 atom stereocenters. The largest absolute Gasteiger partial charge is 0.333 e. The van der Waals surface area contributed by atoms with Crippen LogP contribution in [0.4, 0.5) is 10.5 Å². The number of fused-ring (bicyclic) bond motifs is 2. The summed E-state index contributed by atoms with van der Waals surface area (Å²) >= 11 is 0. The molecule has 2 aliphatic carbocycles. The molecular formula is C19H24N4O3S. The van der Waals surface area contributed by atoms with E-state index >= 15 is 0 Å². The maximum absolute atomic E-state index is 12.6. The van der Waals surface area contributed by atoms with Gasteiger partial charge in [0.05, 0.1) is 1.37 Å². The molecular weight excluding hydrogens is 364 g/mol. The zero-order chi connectivity index (χ0) is 22.6. The van der Waals surface area contributed by atoms with E-state index in [9.17, 15) is 13.2 Å². The van der Waals surface area contributed by atoms with Gasteiger partial charge in [0.15, 0.2) is 5.03 Å². The summed E-state index contributed by atoms with van der Waals surface area (Å²) in [7, 11) is -4.35. The third kappa shape index (κ3) is 3.34. The number of carbonyl (C=O) groups is 1. The second kappa shape index (κ2) is 6.67. The minimum Gasteiger partial charge on any atom is -0.307 e. The van der Waals surface area contributed by atoms with E-state index in [-0.39, 0.29) is 0 Å². The Morgan fingerprint density at radius 2 is 1.93 bits per heavy atom. The van der Waals surface area contributed by atoms with Crippen molar-refractivity contribution < 1.29 is 18.7 Å². The van der Waals surface area contributed by atoms with Crippen LogP contribution in [0.1, 0.15) is 60.4 Å². The molecule has 0 saturated heterocycles. The van der Waals surface area contributed by atoms with Gasteiger partial charge in [-0.2, -0.15) is 13.5 Å². The first-order chi connectivity index (χ1) is 14.4. The second-order valence-corrected chi connectivity index (χ2v) is 8.61. The Labute approximate surface area is 164 Å². The molecule has 2 amide bonds. The summed E-state index contributed by atoms with van der Waals surface area (Å²) in [6, 6.07) is 0.216. The van der Waals surface area contributed by atoms with Gasteiger partial charge in [-0.1, -0.05) is 6.07 Å². The van der Waals surface area contributed by atoms with Gasteiger partial charge in [0.25, 0.3) is 10.0 Å². The van der Waals surface area contributed by atoms with E-state index in [0.29, 0.717) is 5.69 Å². The lowest BCUT2D eigenvalue weighted by Gasteiger charge is -2.16. The normalized spacial score (nSPS) is 20.5. The number of urea groups is 1. The number of aryl methyl sites for hydroxylation is 2. The lowest BCUT2D eigenvalue weighted by atomic mass is 9.99. The lowest BCUT2D eigenvalue weighted by Crippen LogP contribution is -2.35. The van der Waals surface area contributed by atoms with Gasteiger partial charge in [0, 0.05) is 22.0 Å². The van der Waals surface area contributed by atoms with Crippen molar-refractivity contribution >= 4 is 21.7 Å². The van der Waals surface area contributed by atoms with Gasteiger partial charge in [-0.15, -0.1) is 0 Å². The predicted molar refractivity (Wildman–Crippen MR) is 102 cm³/mol. The molecule has 0 spiro atoms. The summed E-state index contributed by atoms with van der Waals surface area (Å²) in [5, 5.41) is 5.94. The van der Waals surface area contributed by atoms with Crippen LogP contribution in [0.5, 0.6) is 0 Å². The third-order valence-electron chi connectivity index (χ3n) is 5.12. The van der Waals surface area contributed by atoms with Crippen molar-refractivity contribution in [2.24, 2.45) is 0 Å². The Kier molecular flexibility index (Phi) is 3.40. The zero-order valence-electron chi connectivity index (χ0n) is 19.0. The molecule has 1 heterocycles. The van der Waals surface area contributed by atoms with Crippen LogP contribution < -0.4 is 10.0 Å². The van der Waals surface area contributed by atoms with E-state index in [1.54, 1.807) is 0 Å². The zero-order valence-corrected chi connectivity index (χ0v) is 15.8. The van der Waals surface area contributed by atoms with E-state index in [0.717, 1.165) is 73.5 Å². The number of nitrogens with zero attached hydrogens (tertiary/aromatic N) is 2. The second-order valence-electron chi connectivity index (χ2n) is 6.98. The molecule has 2 N–H and O–H groups in total. The summed E-state index contributed by atoms with van der Waals surface area (Å²) in [5.74, 6) is 0. The van der Waals surface area contributed by atoms with Gasteiger partial charge in [0.2, 0.25) is 0 Å². The first-order valence-corrected chi connectivity index (χ1v) is 10.4. The average molecular weight is 393 g/mol. The number of aromatic nitrogens is 2. The van der Waals surface area contributed by atoms with E-state index in [1.807, 2.05) is 4.72 Å². The molecule has 4 rings (SSSR count). The Morgan fingerprint density at radius 3 is 2.56 bits per heavy atom. The summed E-state index contributed by atoms with van der Waals surface area (Å²) in [4.78, 5) is 12.6. The molecule has 1 aromatic heterocycles. The quantitative estimate of drug-likeness (QED) is 0.837. The molecule has 144 valence electrons.